The van der Waals surface area contributed by atoms with E-state index < -0.39 is 23.0 Å². The van der Waals surface area contributed by atoms with Crippen LogP contribution in [0.5, 0.6) is 5.75 Å². The van der Waals surface area contributed by atoms with E-state index in [-0.39, 0.29) is 17.1 Å². The smallest absolute Gasteiger partial charge is 0.172 e. The molecule has 0 saturated heterocycles. The van der Waals surface area contributed by atoms with Crippen LogP contribution in [-0.2, 0) is 0 Å². The summed E-state index contributed by atoms with van der Waals surface area (Å²) in [4.78, 5) is 12.4. The van der Waals surface area contributed by atoms with Gasteiger partial charge in [-0.05, 0) is 18.3 Å². The van der Waals surface area contributed by atoms with Crippen molar-refractivity contribution < 1.29 is 18.3 Å². The Bertz CT molecular complexity index is 486. The van der Waals surface area contributed by atoms with E-state index in [4.69, 9.17) is 4.74 Å². The van der Waals surface area contributed by atoms with E-state index in [9.17, 15) is 13.6 Å². The summed E-state index contributed by atoms with van der Waals surface area (Å²) in [7, 11) is 1.33. The predicted molar refractivity (Wildman–Crippen MR) is 68.4 cm³/mol. The Balaban J connectivity index is 2.40. The van der Waals surface area contributed by atoms with Gasteiger partial charge in [-0.3, -0.25) is 4.79 Å². The number of hydrogen-bond acceptors (Lipinski definition) is 2. The fourth-order valence-corrected chi connectivity index (χ4v) is 2.89. The first-order chi connectivity index (χ1) is 8.86. The fourth-order valence-electron chi connectivity index (χ4n) is 2.89. The highest BCUT2D eigenvalue weighted by molar-refractivity contribution is 5.99. The summed E-state index contributed by atoms with van der Waals surface area (Å²) < 4.78 is 32.6. The number of carbonyl (C=O) groups excluding carboxylic acids is 1. The summed E-state index contributed by atoms with van der Waals surface area (Å²) in [5.74, 6) is -2.35. The molecule has 4 heteroatoms. The van der Waals surface area contributed by atoms with Gasteiger partial charge in [0.1, 0.15) is 17.4 Å². The zero-order chi connectivity index (χ0) is 14.2. The molecule has 0 aliphatic heterocycles. The third kappa shape index (κ3) is 2.48. The molecule has 19 heavy (non-hydrogen) atoms. The lowest BCUT2D eigenvalue weighted by Gasteiger charge is -2.26. The molecule has 2 nitrogen and oxygen atoms in total. The van der Waals surface area contributed by atoms with Crippen molar-refractivity contribution in [3.63, 3.8) is 0 Å². The largest absolute Gasteiger partial charge is 0.497 e. The molecule has 0 heterocycles. The molecule has 1 aromatic rings. The molecule has 0 bridgehead atoms. The fraction of sp³-hybridized carbons (Fsp3) is 0.533. The SMILES string of the molecule is COc1cc(F)c(C(=O)C2CCCC2(C)C)c(F)c1. The minimum atomic E-state index is -0.843. The average Bonchev–Trinajstić information content (AvgIpc) is 2.67. The Morgan fingerprint density at radius 3 is 2.32 bits per heavy atom. The highest BCUT2D eigenvalue weighted by Gasteiger charge is 2.41. The Morgan fingerprint density at radius 1 is 1.32 bits per heavy atom. The number of methoxy groups -OCH3 is 1. The van der Waals surface area contributed by atoms with Crippen molar-refractivity contribution in [2.45, 2.75) is 33.1 Å². The zero-order valence-electron chi connectivity index (χ0n) is 11.4. The summed E-state index contributed by atoms with van der Waals surface area (Å²) in [5, 5.41) is 0. The minimum absolute atomic E-state index is 0.0808. The van der Waals surface area contributed by atoms with E-state index in [1.165, 1.54) is 7.11 Å². The van der Waals surface area contributed by atoms with Crippen LogP contribution >= 0.6 is 0 Å². The molecule has 1 fully saturated rings. The summed E-state index contributed by atoms with van der Waals surface area (Å²) in [5.41, 5.74) is -0.628. The van der Waals surface area contributed by atoms with Crippen LogP contribution in [0.25, 0.3) is 0 Å². The van der Waals surface area contributed by atoms with Crippen molar-refractivity contribution in [3.05, 3.63) is 29.3 Å². The van der Waals surface area contributed by atoms with Gasteiger partial charge in [0.2, 0.25) is 0 Å². The monoisotopic (exact) mass is 268 g/mol. The molecule has 1 unspecified atom stereocenters. The van der Waals surface area contributed by atoms with E-state index in [1.807, 2.05) is 13.8 Å². The average molecular weight is 268 g/mol. The number of hydrogen-bond donors (Lipinski definition) is 0. The molecule has 1 saturated carbocycles. The molecule has 0 spiro atoms. The number of ether oxygens (including phenoxy) is 1. The van der Waals surface area contributed by atoms with Gasteiger partial charge >= 0.3 is 0 Å². The highest BCUT2D eigenvalue weighted by Crippen LogP contribution is 2.44. The molecule has 1 aliphatic rings. The first-order valence-electron chi connectivity index (χ1n) is 6.44. The first kappa shape index (κ1) is 14.0. The molecule has 1 aliphatic carbocycles. The van der Waals surface area contributed by atoms with Gasteiger partial charge in [-0.2, -0.15) is 0 Å². The van der Waals surface area contributed by atoms with Crippen LogP contribution < -0.4 is 4.74 Å². The van der Waals surface area contributed by atoms with Gasteiger partial charge in [0, 0.05) is 18.1 Å². The van der Waals surface area contributed by atoms with Crippen molar-refractivity contribution in [1.29, 1.82) is 0 Å². The third-order valence-electron chi connectivity index (χ3n) is 4.07. The second-order valence-corrected chi connectivity index (χ2v) is 5.76. The molecule has 1 atom stereocenters. The van der Waals surface area contributed by atoms with Crippen LogP contribution in [0.15, 0.2) is 12.1 Å². The van der Waals surface area contributed by atoms with E-state index in [2.05, 4.69) is 0 Å². The maximum atomic E-state index is 13.9. The van der Waals surface area contributed by atoms with Crippen molar-refractivity contribution in [2.75, 3.05) is 7.11 Å². The van der Waals surface area contributed by atoms with E-state index in [1.54, 1.807) is 0 Å². The van der Waals surface area contributed by atoms with Gasteiger partial charge in [-0.1, -0.05) is 20.3 Å². The Hall–Kier alpha value is -1.45. The van der Waals surface area contributed by atoms with Gasteiger partial charge in [0.25, 0.3) is 0 Å². The van der Waals surface area contributed by atoms with Crippen molar-refractivity contribution in [2.24, 2.45) is 11.3 Å². The summed E-state index contributed by atoms with van der Waals surface area (Å²) >= 11 is 0. The van der Waals surface area contributed by atoms with E-state index in [0.29, 0.717) is 6.42 Å². The summed E-state index contributed by atoms with van der Waals surface area (Å²) in [6, 6.07) is 2.11. The highest BCUT2D eigenvalue weighted by atomic mass is 19.1. The van der Waals surface area contributed by atoms with Crippen LogP contribution in [0.1, 0.15) is 43.5 Å². The van der Waals surface area contributed by atoms with Crippen LogP contribution in [0, 0.1) is 23.0 Å². The first-order valence-corrected chi connectivity index (χ1v) is 6.44. The topological polar surface area (TPSA) is 26.3 Å². The molecular formula is C15H18F2O2. The van der Waals surface area contributed by atoms with Gasteiger partial charge < -0.3 is 4.74 Å². The number of ketones is 1. The molecule has 0 amide bonds. The number of benzene rings is 1. The van der Waals surface area contributed by atoms with Crippen molar-refractivity contribution >= 4 is 5.78 Å². The maximum Gasteiger partial charge on any atom is 0.172 e. The number of halogens is 2. The quantitative estimate of drug-likeness (QED) is 0.775. The molecule has 2 rings (SSSR count). The molecule has 1 aromatic carbocycles. The predicted octanol–water partition coefficient (Wildman–Crippen LogP) is 3.98. The van der Waals surface area contributed by atoms with E-state index >= 15 is 0 Å². The Kier molecular flexibility index (Phi) is 3.61. The van der Waals surface area contributed by atoms with E-state index in [0.717, 1.165) is 25.0 Å². The van der Waals surface area contributed by atoms with Crippen LogP contribution in [-0.4, -0.2) is 12.9 Å². The normalized spacial score (nSPS) is 21.4. The summed E-state index contributed by atoms with van der Waals surface area (Å²) in [6.07, 6.45) is 2.52. The lowest BCUT2D eigenvalue weighted by molar-refractivity contribution is 0.0830. The maximum absolute atomic E-state index is 13.9. The molecular weight excluding hydrogens is 250 g/mol. The molecule has 0 N–H and O–H groups in total. The van der Waals surface area contributed by atoms with Crippen molar-refractivity contribution in [3.8, 4) is 5.75 Å². The van der Waals surface area contributed by atoms with Gasteiger partial charge in [-0.15, -0.1) is 0 Å². The Morgan fingerprint density at radius 2 is 1.89 bits per heavy atom. The zero-order valence-corrected chi connectivity index (χ0v) is 11.4. The number of Topliss-reactive ketones (excluding diaryl/α,β-unsaturated/α-hetero) is 1. The van der Waals surface area contributed by atoms with Crippen LogP contribution in [0.2, 0.25) is 0 Å². The van der Waals surface area contributed by atoms with Gasteiger partial charge in [0.05, 0.1) is 12.7 Å². The van der Waals surface area contributed by atoms with Crippen LogP contribution in [0.3, 0.4) is 0 Å². The van der Waals surface area contributed by atoms with Crippen molar-refractivity contribution in [1.82, 2.24) is 0 Å². The lowest BCUT2D eigenvalue weighted by atomic mass is 9.77. The minimum Gasteiger partial charge on any atom is -0.497 e. The second kappa shape index (κ2) is 4.91. The van der Waals surface area contributed by atoms with Gasteiger partial charge in [0.15, 0.2) is 5.78 Å². The Labute approximate surface area is 111 Å². The molecule has 104 valence electrons. The number of carbonyl (C=O) groups is 1. The third-order valence-corrected chi connectivity index (χ3v) is 4.07. The van der Waals surface area contributed by atoms with Crippen LogP contribution in [0.4, 0.5) is 8.78 Å². The molecule has 0 radical (unpaired) electrons. The molecule has 0 aromatic heterocycles. The summed E-state index contributed by atoms with van der Waals surface area (Å²) in [6.45, 7) is 3.95. The standard InChI is InChI=1S/C15H18F2O2/c1-15(2)6-4-5-10(15)14(18)13-11(16)7-9(19-3)8-12(13)17/h7-8,10H,4-6H2,1-3H3. The number of rotatable bonds is 3. The second-order valence-electron chi connectivity index (χ2n) is 5.76. The lowest BCUT2D eigenvalue weighted by Crippen LogP contribution is -2.27. The van der Waals surface area contributed by atoms with Gasteiger partial charge in [-0.25, -0.2) is 8.78 Å².